The minimum absolute atomic E-state index is 0.00621. The summed E-state index contributed by atoms with van der Waals surface area (Å²) in [5, 5.41) is 0. The van der Waals surface area contributed by atoms with E-state index in [0.717, 1.165) is 18.4 Å². The van der Waals surface area contributed by atoms with Gasteiger partial charge in [0.05, 0.1) is 13.0 Å². The Labute approximate surface area is 113 Å². The molecule has 0 unspecified atom stereocenters. The molecule has 0 bridgehead atoms. The van der Waals surface area contributed by atoms with Gasteiger partial charge >= 0.3 is 5.97 Å². The summed E-state index contributed by atoms with van der Waals surface area (Å²) in [5.74, 6) is -0.402. The van der Waals surface area contributed by atoms with Crippen LogP contribution in [0, 0.1) is 12.8 Å². The van der Waals surface area contributed by atoms with E-state index in [-0.39, 0.29) is 17.8 Å². The molecule has 0 N–H and O–H groups in total. The van der Waals surface area contributed by atoms with Crippen LogP contribution in [0.5, 0.6) is 0 Å². The molecule has 1 aliphatic rings. The predicted molar refractivity (Wildman–Crippen MR) is 71.8 cm³/mol. The van der Waals surface area contributed by atoms with Crippen LogP contribution in [0.15, 0.2) is 24.3 Å². The number of hydrogen-bond donors (Lipinski definition) is 0. The molecule has 4 heteroatoms. The number of benzene rings is 1. The molecule has 1 saturated heterocycles. The zero-order valence-electron chi connectivity index (χ0n) is 11.4. The molecule has 1 atom stereocenters. The molecule has 102 valence electrons. The van der Waals surface area contributed by atoms with Crippen LogP contribution in [0.3, 0.4) is 0 Å². The third kappa shape index (κ3) is 2.95. The number of carbonyl (C=O) groups excluding carboxylic acids is 2. The second-order valence-electron chi connectivity index (χ2n) is 4.93. The fourth-order valence-corrected chi connectivity index (χ4v) is 2.50. The monoisotopic (exact) mass is 261 g/mol. The second kappa shape index (κ2) is 5.87. The molecule has 0 aromatic heterocycles. The fourth-order valence-electron chi connectivity index (χ4n) is 2.50. The van der Waals surface area contributed by atoms with Gasteiger partial charge in [0.15, 0.2) is 0 Å². The van der Waals surface area contributed by atoms with Gasteiger partial charge in [-0.3, -0.25) is 9.59 Å². The molecule has 1 aromatic carbocycles. The van der Waals surface area contributed by atoms with Crippen LogP contribution in [0.4, 0.5) is 0 Å². The molecule has 1 heterocycles. The van der Waals surface area contributed by atoms with Gasteiger partial charge in [-0.2, -0.15) is 0 Å². The average Bonchev–Trinajstić information content (AvgIpc) is 2.46. The Morgan fingerprint density at radius 1 is 1.32 bits per heavy atom. The molecular formula is C15H19NO3. The third-order valence-corrected chi connectivity index (χ3v) is 3.62. The zero-order chi connectivity index (χ0) is 13.8. The van der Waals surface area contributed by atoms with E-state index >= 15 is 0 Å². The number of piperidine rings is 1. The summed E-state index contributed by atoms with van der Waals surface area (Å²) in [4.78, 5) is 25.8. The Bertz CT molecular complexity index is 484. The summed E-state index contributed by atoms with van der Waals surface area (Å²) >= 11 is 0. The Balaban J connectivity index is 2.11. The standard InChI is InChI=1S/C15H19NO3/c1-11-6-3-4-8-13(11)14(17)16-9-5-7-12(10-16)15(18)19-2/h3-4,6,8,12H,5,7,9-10H2,1-2H3/t12-/m1/s1. The lowest BCUT2D eigenvalue weighted by Crippen LogP contribution is -2.42. The fraction of sp³-hybridized carbons (Fsp3) is 0.467. The van der Waals surface area contributed by atoms with Crippen molar-refractivity contribution in [2.75, 3.05) is 20.2 Å². The Morgan fingerprint density at radius 2 is 2.05 bits per heavy atom. The highest BCUT2D eigenvalue weighted by molar-refractivity contribution is 5.96. The number of nitrogens with zero attached hydrogens (tertiary/aromatic N) is 1. The molecular weight excluding hydrogens is 242 g/mol. The summed E-state index contributed by atoms with van der Waals surface area (Å²) < 4.78 is 4.77. The molecule has 1 amide bonds. The summed E-state index contributed by atoms with van der Waals surface area (Å²) in [6.45, 7) is 3.09. The van der Waals surface area contributed by atoms with Crippen molar-refractivity contribution in [2.24, 2.45) is 5.92 Å². The summed E-state index contributed by atoms with van der Waals surface area (Å²) in [6.07, 6.45) is 1.64. The van der Waals surface area contributed by atoms with Crippen LogP contribution in [0.25, 0.3) is 0 Å². The number of ether oxygens (including phenoxy) is 1. The Kier molecular flexibility index (Phi) is 4.20. The van der Waals surface area contributed by atoms with E-state index in [9.17, 15) is 9.59 Å². The van der Waals surface area contributed by atoms with Crippen molar-refractivity contribution in [1.29, 1.82) is 0 Å². The average molecular weight is 261 g/mol. The number of amides is 1. The number of likely N-dealkylation sites (tertiary alicyclic amines) is 1. The van der Waals surface area contributed by atoms with Crippen LogP contribution in [0.1, 0.15) is 28.8 Å². The number of rotatable bonds is 2. The van der Waals surface area contributed by atoms with Crippen molar-refractivity contribution in [2.45, 2.75) is 19.8 Å². The van der Waals surface area contributed by atoms with Crippen molar-refractivity contribution in [3.63, 3.8) is 0 Å². The molecule has 1 aliphatic heterocycles. The van der Waals surface area contributed by atoms with Crippen molar-refractivity contribution in [3.8, 4) is 0 Å². The summed E-state index contributed by atoms with van der Waals surface area (Å²) in [6, 6.07) is 7.54. The molecule has 1 aromatic rings. The van der Waals surface area contributed by atoms with Gasteiger partial charge in [0.25, 0.3) is 5.91 Å². The third-order valence-electron chi connectivity index (χ3n) is 3.62. The molecule has 1 fully saturated rings. The van der Waals surface area contributed by atoms with Crippen molar-refractivity contribution in [1.82, 2.24) is 4.90 Å². The maximum Gasteiger partial charge on any atom is 0.310 e. The van der Waals surface area contributed by atoms with Crippen LogP contribution in [-0.4, -0.2) is 37.0 Å². The van der Waals surface area contributed by atoms with E-state index < -0.39 is 0 Å². The van der Waals surface area contributed by atoms with Crippen LogP contribution in [0.2, 0.25) is 0 Å². The van der Waals surface area contributed by atoms with E-state index in [2.05, 4.69) is 0 Å². The Hall–Kier alpha value is -1.84. The molecule has 2 rings (SSSR count). The first kappa shape index (κ1) is 13.6. The number of carbonyl (C=O) groups is 2. The predicted octanol–water partition coefficient (Wildman–Crippen LogP) is 2.02. The van der Waals surface area contributed by atoms with Crippen molar-refractivity contribution >= 4 is 11.9 Å². The van der Waals surface area contributed by atoms with Crippen molar-refractivity contribution in [3.05, 3.63) is 35.4 Å². The van der Waals surface area contributed by atoms with Gasteiger partial charge in [0.2, 0.25) is 0 Å². The van der Waals surface area contributed by atoms with Gasteiger partial charge in [0, 0.05) is 18.7 Å². The Morgan fingerprint density at radius 3 is 2.74 bits per heavy atom. The van der Waals surface area contributed by atoms with Gasteiger partial charge < -0.3 is 9.64 Å². The van der Waals surface area contributed by atoms with Gasteiger partial charge in [0.1, 0.15) is 0 Å². The lowest BCUT2D eigenvalue weighted by molar-refractivity contribution is -0.146. The van der Waals surface area contributed by atoms with E-state index in [1.807, 2.05) is 31.2 Å². The van der Waals surface area contributed by atoms with E-state index in [4.69, 9.17) is 4.74 Å². The largest absolute Gasteiger partial charge is 0.469 e. The number of hydrogen-bond acceptors (Lipinski definition) is 3. The number of methoxy groups -OCH3 is 1. The summed E-state index contributed by atoms with van der Waals surface area (Å²) in [5.41, 5.74) is 1.68. The quantitative estimate of drug-likeness (QED) is 0.765. The van der Waals surface area contributed by atoms with Crippen molar-refractivity contribution < 1.29 is 14.3 Å². The highest BCUT2D eigenvalue weighted by Crippen LogP contribution is 2.20. The van der Waals surface area contributed by atoms with Crippen LogP contribution < -0.4 is 0 Å². The molecule has 0 aliphatic carbocycles. The van der Waals surface area contributed by atoms with Crippen LogP contribution in [-0.2, 0) is 9.53 Å². The summed E-state index contributed by atoms with van der Waals surface area (Å²) in [7, 11) is 1.39. The second-order valence-corrected chi connectivity index (χ2v) is 4.93. The zero-order valence-corrected chi connectivity index (χ0v) is 11.4. The smallest absolute Gasteiger partial charge is 0.310 e. The van der Waals surface area contributed by atoms with Gasteiger partial charge in [-0.25, -0.2) is 0 Å². The first-order valence-electron chi connectivity index (χ1n) is 6.56. The highest BCUT2D eigenvalue weighted by atomic mass is 16.5. The lowest BCUT2D eigenvalue weighted by Gasteiger charge is -2.31. The normalized spacial score (nSPS) is 19.1. The topological polar surface area (TPSA) is 46.6 Å². The molecule has 4 nitrogen and oxygen atoms in total. The van der Waals surface area contributed by atoms with Crippen LogP contribution >= 0.6 is 0 Å². The van der Waals surface area contributed by atoms with Gasteiger partial charge in [-0.1, -0.05) is 18.2 Å². The maximum absolute atomic E-state index is 12.5. The minimum Gasteiger partial charge on any atom is -0.469 e. The molecule has 0 saturated carbocycles. The first-order valence-corrected chi connectivity index (χ1v) is 6.56. The van der Waals surface area contributed by atoms with E-state index in [1.54, 1.807) is 4.90 Å². The van der Waals surface area contributed by atoms with Gasteiger partial charge in [-0.05, 0) is 31.4 Å². The van der Waals surface area contributed by atoms with E-state index in [0.29, 0.717) is 18.7 Å². The number of esters is 1. The maximum atomic E-state index is 12.5. The highest BCUT2D eigenvalue weighted by Gasteiger charge is 2.29. The minimum atomic E-state index is -0.220. The molecule has 0 radical (unpaired) electrons. The number of aryl methyl sites for hydroxylation is 1. The lowest BCUT2D eigenvalue weighted by atomic mass is 9.97. The van der Waals surface area contributed by atoms with E-state index in [1.165, 1.54) is 7.11 Å². The first-order chi connectivity index (χ1) is 9.13. The molecule has 0 spiro atoms. The van der Waals surface area contributed by atoms with Gasteiger partial charge in [-0.15, -0.1) is 0 Å². The SMILES string of the molecule is COC(=O)[C@@H]1CCCN(C(=O)c2ccccc2C)C1. The molecule has 19 heavy (non-hydrogen) atoms.